The van der Waals surface area contributed by atoms with Gasteiger partial charge >= 0.3 is 0 Å². The molecule has 1 aromatic carbocycles. The van der Waals surface area contributed by atoms with Crippen LogP contribution in [-0.2, 0) is 0 Å². The Kier molecular flexibility index (Phi) is 5.01. The molecule has 1 rings (SSSR count). The van der Waals surface area contributed by atoms with Crippen LogP contribution in [0, 0.1) is 5.41 Å². The van der Waals surface area contributed by atoms with Crippen molar-refractivity contribution in [1.82, 2.24) is 5.32 Å². The quantitative estimate of drug-likeness (QED) is 0.757. The second-order valence-electron chi connectivity index (χ2n) is 5.14. The molecule has 0 heterocycles. The lowest BCUT2D eigenvalue weighted by Gasteiger charge is -2.34. The van der Waals surface area contributed by atoms with Crippen molar-refractivity contribution in [2.24, 2.45) is 5.41 Å². The Bertz CT molecular complexity index is 290. The zero-order chi connectivity index (χ0) is 12.0. The van der Waals surface area contributed by atoms with Gasteiger partial charge in [-0.05, 0) is 30.4 Å². The van der Waals surface area contributed by atoms with Gasteiger partial charge in [-0.15, -0.1) is 0 Å². The number of benzene rings is 1. The summed E-state index contributed by atoms with van der Waals surface area (Å²) in [6.45, 7) is 10.3. The largest absolute Gasteiger partial charge is 0.309 e. The summed E-state index contributed by atoms with van der Waals surface area (Å²) in [4.78, 5) is 0. The maximum Gasteiger partial charge on any atom is 0.0371 e. The molecule has 0 fully saturated rings. The molecular formula is C15H25N. The van der Waals surface area contributed by atoms with Gasteiger partial charge in [0.2, 0.25) is 0 Å². The third-order valence-corrected chi connectivity index (χ3v) is 3.42. The fourth-order valence-corrected chi connectivity index (χ4v) is 1.98. The van der Waals surface area contributed by atoms with Crippen LogP contribution in [-0.4, -0.2) is 6.54 Å². The average Bonchev–Trinajstić information content (AvgIpc) is 2.31. The third-order valence-electron chi connectivity index (χ3n) is 3.42. The topological polar surface area (TPSA) is 12.0 Å². The minimum Gasteiger partial charge on any atom is -0.309 e. The van der Waals surface area contributed by atoms with Crippen LogP contribution in [0.25, 0.3) is 0 Å². The van der Waals surface area contributed by atoms with E-state index in [2.05, 4.69) is 63.3 Å². The Morgan fingerprint density at radius 2 is 1.75 bits per heavy atom. The van der Waals surface area contributed by atoms with E-state index < -0.39 is 0 Å². The van der Waals surface area contributed by atoms with Gasteiger partial charge in [-0.1, -0.05) is 58.0 Å². The molecule has 0 aliphatic rings. The number of hydrogen-bond acceptors (Lipinski definition) is 1. The highest BCUT2D eigenvalue weighted by atomic mass is 14.9. The van der Waals surface area contributed by atoms with Crippen molar-refractivity contribution in [3.8, 4) is 0 Å². The van der Waals surface area contributed by atoms with E-state index in [1.807, 2.05) is 0 Å². The smallest absolute Gasteiger partial charge is 0.0371 e. The van der Waals surface area contributed by atoms with Gasteiger partial charge < -0.3 is 5.32 Å². The van der Waals surface area contributed by atoms with Crippen molar-refractivity contribution in [2.75, 3.05) is 6.54 Å². The molecule has 0 aromatic heterocycles. The molecule has 16 heavy (non-hydrogen) atoms. The van der Waals surface area contributed by atoms with Gasteiger partial charge in [0.25, 0.3) is 0 Å². The Hall–Kier alpha value is -0.820. The van der Waals surface area contributed by atoms with Gasteiger partial charge in [-0.2, -0.15) is 0 Å². The van der Waals surface area contributed by atoms with Crippen molar-refractivity contribution < 1.29 is 0 Å². The molecule has 90 valence electrons. The number of nitrogens with one attached hydrogen (secondary N) is 1. The second kappa shape index (κ2) is 6.05. The first-order valence-electron chi connectivity index (χ1n) is 6.40. The summed E-state index contributed by atoms with van der Waals surface area (Å²) in [7, 11) is 0. The Morgan fingerprint density at radius 3 is 2.25 bits per heavy atom. The summed E-state index contributed by atoms with van der Waals surface area (Å²) in [6.07, 6.45) is 2.37. The van der Waals surface area contributed by atoms with Crippen LogP contribution in [0.5, 0.6) is 0 Å². The monoisotopic (exact) mass is 219 g/mol. The van der Waals surface area contributed by atoms with Crippen LogP contribution in [0.2, 0.25) is 0 Å². The maximum absolute atomic E-state index is 3.68. The van der Waals surface area contributed by atoms with E-state index in [9.17, 15) is 0 Å². The molecule has 1 nitrogen and oxygen atoms in total. The minimum atomic E-state index is 0.302. The Labute approximate surface area is 100 Å². The van der Waals surface area contributed by atoms with E-state index in [1.54, 1.807) is 0 Å². The molecule has 0 saturated heterocycles. The van der Waals surface area contributed by atoms with Crippen molar-refractivity contribution in [3.63, 3.8) is 0 Å². The zero-order valence-corrected chi connectivity index (χ0v) is 11.1. The van der Waals surface area contributed by atoms with E-state index in [-0.39, 0.29) is 0 Å². The first-order valence-corrected chi connectivity index (χ1v) is 6.40. The first kappa shape index (κ1) is 13.2. The molecule has 1 N–H and O–H groups in total. The lowest BCUT2D eigenvalue weighted by Crippen LogP contribution is -2.34. The Morgan fingerprint density at radius 1 is 1.12 bits per heavy atom. The SMILES string of the molecule is CCCNC(c1ccccc1)C(C)(C)CC. The minimum absolute atomic E-state index is 0.302. The van der Waals surface area contributed by atoms with Crippen molar-refractivity contribution in [3.05, 3.63) is 35.9 Å². The molecule has 0 bridgehead atoms. The molecular weight excluding hydrogens is 194 g/mol. The van der Waals surface area contributed by atoms with Crippen LogP contribution >= 0.6 is 0 Å². The zero-order valence-electron chi connectivity index (χ0n) is 11.1. The highest BCUT2D eigenvalue weighted by molar-refractivity contribution is 5.20. The van der Waals surface area contributed by atoms with Crippen molar-refractivity contribution in [1.29, 1.82) is 0 Å². The third kappa shape index (κ3) is 3.34. The lowest BCUT2D eigenvalue weighted by molar-refractivity contribution is 0.235. The van der Waals surface area contributed by atoms with E-state index in [0.717, 1.165) is 6.54 Å². The van der Waals surface area contributed by atoms with Crippen LogP contribution in [0.4, 0.5) is 0 Å². The van der Waals surface area contributed by atoms with Crippen LogP contribution < -0.4 is 5.32 Å². The molecule has 0 aliphatic carbocycles. The molecule has 0 saturated carbocycles. The van der Waals surface area contributed by atoms with Crippen LogP contribution in [0.1, 0.15) is 52.1 Å². The highest BCUT2D eigenvalue weighted by Crippen LogP contribution is 2.35. The maximum atomic E-state index is 3.68. The van der Waals surface area contributed by atoms with Gasteiger partial charge in [0.05, 0.1) is 0 Å². The second-order valence-corrected chi connectivity index (χ2v) is 5.14. The van der Waals surface area contributed by atoms with Crippen LogP contribution in [0.3, 0.4) is 0 Å². The van der Waals surface area contributed by atoms with Gasteiger partial charge in [0.15, 0.2) is 0 Å². The van der Waals surface area contributed by atoms with Crippen molar-refractivity contribution >= 4 is 0 Å². The van der Waals surface area contributed by atoms with Gasteiger partial charge in [-0.25, -0.2) is 0 Å². The predicted molar refractivity (Wildman–Crippen MR) is 71.5 cm³/mol. The first-order chi connectivity index (χ1) is 7.61. The molecule has 1 atom stereocenters. The van der Waals surface area contributed by atoms with Crippen molar-refractivity contribution in [2.45, 2.75) is 46.6 Å². The summed E-state index contributed by atoms with van der Waals surface area (Å²) >= 11 is 0. The summed E-state index contributed by atoms with van der Waals surface area (Å²) in [6, 6.07) is 11.2. The van der Waals surface area contributed by atoms with E-state index >= 15 is 0 Å². The van der Waals surface area contributed by atoms with E-state index in [0.29, 0.717) is 11.5 Å². The normalized spacial score (nSPS) is 13.8. The molecule has 1 heteroatoms. The predicted octanol–water partition coefficient (Wildman–Crippen LogP) is 4.16. The molecule has 1 unspecified atom stereocenters. The van der Waals surface area contributed by atoms with E-state index in [4.69, 9.17) is 0 Å². The summed E-state index contributed by atoms with van der Waals surface area (Å²) in [5, 5.41) is 3.68. The fourth-order valence-electron chi connectivity index (χ4n) is 1.98. The van der Waals surface area contributed by atoms with Gasteiger partial charge in [0.1, 0.15) is 0 Å². The van der Waals surface area contributed by atoms with Gasteiger partial charge in [-0.3, -0.25) is 0 Å². The molecule has 0 aliphatic heterocycles. The standard InChI is InChI=1S/C15H25N/c1-5-12-16-14(15(3,4)6-2)13-10-8-7-9-11-13/h7-11,14,16H,5-6,12H2,1-4H3. The molecule has 1 aromatic rings. The fraction of sp³-hybridized carbons (Fsp3) is 0.600. The number of rotatable bonds is 6. The lowest BCUT2D eigenvalue weighted by atomic mass is 9.78. The highest BCUT2D eigenvalue weighted by Gasteiger charge is 2.28. The number of hydrogen-bond donors (Lipinski definition) is 1. The molecule has 0 amide bonds. The van der Waals surface area contributed by atoms with Crippen LogP contribution in [0.15, 0.2) is 30.3 Å². The summed E-state index contributed by atoms with van der Waals surface area (Å²) in [5.41, 5.74) is 1.71. The summed E-state index contributed by atoms with van der Waals surface area (Å²) in [5.74, 6) is 0. The molecule has 0 radical (unpaired) electrons. The molecule has 0 spiro atoms. The van der Waals surface area contributed by atoms with E-state index in [1.165, 1.54) is 18.4 Å². The summed E-state index contributed by atoms with van der Waals surface area (Å²) < 4.78 is 0. The Balaban J connectivity index is 2.87. The average molecular weight is 219 g/mol. The van der Waals surface area contributed by atoms with Gasteiger partial charge in [0, 0.05) is 6.04 Å².